The number of thioether (sulfide) groups is 1. The van der Waals surface area contributed by atoms with Crippen molar-refractivity contribution >= 4 is 22.6 Å². The van der Waals surface area contributed by atoms with E-state index in [1.54, 1.807) is 0 Å². The summed E-state index contributed by atoms with van der Waals surface area (Å²) in [6.07, 6.45) is 1.48. The van der Waals surface area contributed by atoms with Gasteiger partial charge in [0.15, 0.2) is 0 Å². The van der Waals surface area contributed by atoms with E-state index in [9.17, 15) is 4.79 Å². The normalized spacial score (nSPS) is 12.2. The van der Waals surface area contributed by atoms with Gasteiger partial charge in [-0.05, 0) is 11.1 Å². The second kappa shape index (κ2) is 9.56. The second-order valence-electron chi connectivity index (χ2n) is 5.12. The van der Waals surface area contributed by atoms with Crippen LogP contribution in [0.1, 0.15) is 11.1 Å². The highest BCUT2D eigenvalue weighted by Crippen LogP contribution is 2.27. The summed E-state index contributed by atoms with van der Waals surface area (Å²) in [4.78, 5) is 12.9. The maximum Gasteiger partial charge on any atom is 0.238 e. The van der Waals surface area contributed by atoms with Crippen LogP contribution in [-0.2, 0) is 11.3 Å². The summed E-state index contributed by atoms with van der Waals surface area (Å²) < 4.78 is 0. The van der Waals surface area contributed by atoms with Crippen molar-refractivity contribution in [3.63, 3.8) is 0 Å². The first-order valence-electron chi connectivity index (χ1n) is 7.56. The Bertz CT molecular complexity index is 723. The number of nitrogens with one attached hydrogen (secondary N) is 1. The van der Waals surface area contributed by atoms with Gasteiger partial charge in [0.05, 0.1) is 12.1 Å². The molecule has 0 aliphatic rings. The Kier molecular flexibility index (Phi) is 7.09. The third-order valence-electron chi connectivity index (χ3n) is 3.32. The van der Waals surface area contributed by atoms with E-state index in [0.29, 0.717) is 12.3 Å². The van der Waals surface area contributed by atoms with Crippen LogP contribution in [0.5, 0.6) is 0 Å². The molecule has 0 fully saturated rings. The van der Waals surface area contributed by atoms with Gasteiger partial charge in [-0.15, -0.1) is 11.8 Å². The summed E-state index contributed by atoms with van der Waals surface area (Å²) in [5.74, 6) is 0.207. The average molecular weight is 337 g/mol. The molecule has 0 heterocycles. The van der Waals surface area contributed by atoms with E-state index >= 15 is 0 Å². The highest BCUT2D eigenvalue weighted by Gasteiger charge is 2.14. The summed E-state index contributed by atoms with van der Waals surface area (Å²) in [5.41, 5.74) is 7.93. The van der Waals surface area contributed by atoms with E-state index in [1.807, 2.05) is 66.7 Å². The van der Waals surface area contributed by atoms with Gasteiger partial charge in [-0.2, -0.15) is 5.26 Å². The predicted octanol–water partition coefficient (Wildman–Crippen LogP) is 2.93. The van der Waals surface area contributed by atoms with Crippen LogP contribution in [-0.4, -0.2) is 17.7 Å². The quantitative estimate of drug-likeness (QED) is 0.761. The number of nitriles is 1. The topological polar surface area (TPSA) is 78.9 Å². The molecule has 3 N–H and O–H groups in total. The van der Waals surface area contributed by atoms with Gasteiger partial charge in [-0.3, -0.25) is 4.79 Å². The lowest BCUT2D eigenvalue weighted by Gasteiger charge is -2.13. The van der Waals surface area contributed by atoms with E-state index in [-0.39, 0.29) is 5.91 Å². The third-order valence-corrected chi connectivity index (χ3v) is 4.51. The van der Waals surface area contributed by atoms with E-state index in [4.69, 9.17) is 11.0 Å². The third kappa shape index (κ3) is 5.58. The molecule has 2 aromatic carbocycles. The predicted molar refractivity (Wildman–Crippen MR) is 98.8 cm³/mol. The molecule has 1 unspecified atom stereocenters. The van der Waals surface area contributed by atoms with Crippen molar-refractivity contribution in [2.75, 3.05) is 5.75 Å². The lowest BCUT2D eigenvalue weighted by molar-refractivity contribution is -0.122. The number of nitrogens with two attached hydrogens (primary N) is 1. The Morgan fingerprint density at radius 3 is 2.42 bits per heavy atom. The Morgan fingerprint density at radius 2 is 1.79 bits per heavy atom. The SMILES string of the molecule is N#CC=C(SCC(N)C(=O)NCc1ccccc1)c1ccccc1. The highest BCUT2D eigenvalue weighted by molar-refractivity contribution is 8.08. The average Bonchev–Trinajstić information content (AvgIpc) is 2.64. The number of rotatable bonds is 7. The van der Waals surface area contributed by atoms with Crippen LogP contribution in [0.3, 0.4) is 0 Å². The molecule has 0 spiro atoms. The molecule has 122 valence electrons. The van der Waals surface area contributed by atoms with Gasteiger partial charge < -0.3 is 11.1 Å². The minimum absolute atomic E-state index is 0.198. The molecule has 0 saturated carbocycles. The number of carbonyl (C=O) groups is 1. The number of hydrogen-bond acceptors (Lipinski definition) is 4. The summed E-state index contributed by atoms with van der Waals surface area (Å²) in [6.45, 7) is 0.456. The van der Waals surface area contributed by atoms with E-state index < -0.39 is 6.04 Å². The number of hydrogen-bond donors (Lipinski definition) is 2. The zero-order chi connectivity index (χ0) is 17.2. The molecule has 0 aliphatic carbocycles. The van der Waals surface area contributed by atoms with Gasteiger partial charge >= 0.3 is 0 Å². The van der Waals surface area contributed by atoms with Gasteiger partial charge in [-0.1, -0.05) is 60.7 Å². The minimum atomic E-state index is -0.635. The van der Waals surface area contributed by atoms with Crippen molar-refractivity contribution < 1.29 is 4.79 Å². The van der Waals surface area contributed by atoms with E-state index in [2.05, 4.69) is 5.32 Å². The first-order valence-corrected chi connectivity index (χ1v) is 8.54. The summed E-state index contributed by atoms with van der Waals surface area (Å²) in [7, 11) is 0. The fourth-order valence-corrected chi connectivity index (χ4v) is 2.99. The van der Waals surface area contributed by atoms with Crippen molar-refractivity contribution in [2.24, 2.45) is 5.73 Å². The summed E-state index contributed by atoms with van der Waals surface area (Å²) >= 11 is 1.41. The Morgan fingerprint density at radius 1 is 1.17 bits per heavy atom. The minimum Gasteiger partial charge on any atom is -0.351 e. The van der Waals surface area contributed by atoms with Gasteiger partial charge in [0.2, 0.25) is 5.91 Å². The zero-order valence-electron chi connectivity index (χ0n) is 13.2. The molecule has 0 bridgehead atoms. The number of allylic oxidation sites excluding steroid dienone is 1. The maximum absolute atomic E-state index is 12.1. The number of carbonyl (C=O) groups excluding carboxylic acids is 1. The number of benzene rings is 2. The highest BCUT2D eigenvalue weighted by atomic mass is 32.2. The van der Waals surface area contributed by atoms with Crippen LogP contribution in [0.4, 0.5) is 0 Å². The van der Waals surface area contributed by atoms with Gasteiger partial charge in [0.1, 0.15) is 0 Å². The Hall–Kier alpha value is -2.55. The molecule has 24 heavy (non-hydrogen) atoms. The summed E-state index contributed by atoms with van der Waals surface area (Å²) in [6, 6.07) is 20.7. The largest absolute Gasteiger partial charge is 0.351 e. The molecule has 2 aromatic rings. The number of nitrogens with zero attached hydrogens (tertiary/aromatic N) is 1. The van der Waals surface area contributed by atoms with Crippen LogP contribution < -0.4 is 11.1 Å². The summed E-state index contributed by atoms with van der Waals surface area (Å²) in [5, 5.41) is 11.8. The lowest BCUT2D eigenvalue weighted by Crippen LogP contribution is -2.41. The molecule has 0 aliphatic heterocycles. The molecule has 0 aromatic heterocycles. The van der Waals surface area contributed by atoms with Crippen LogP contribution in [0.25, 0.3) is 4.91 Å². The number of amides is 1. The Labute approximate surface area is 146 Å². The fourth-order valence-electron chi connectivity index (χ4n) is 2.04. The molecular formula is C19H19N3OS. The van der Waals surface area contributed by atoms with Crippen molar-refractivity contribution in [3.05, 3.63) is 77.9 Å². The van der Waals surface area contributed by atoms with Crippen molar-refractivity contribution in [1.82, 2.24) is 5.32 Å². The van der Waals surface area contributed by atoms with Crippen molar-refractivity contribution in [1.29, 1.82) is 5.26 Å². The van der Waals surface area contributed by atoms with Gasteiger partial charge in [-0.25, -0.2) is 0 Å². The van der Waals surface area contributed by atoms with Gasteiger partial charge in [0.25, 0.3) is 0 Å². The standard InChI is InChI=1S/C19H19N3OS/c20-12-11-18(16-9-5-2-6-10-16)24-14-17(21)19(23)22-13-15-7-3-1-4-8-15/h1-11,17H,13-14,21H2,(H,22,23). The van der Waals surface area contributed by atoms with E-state index in [0.717, 1.165) is 16.0 Å². The Balaban J connectivity index is 1.87. The first kappa shape index (κ1) is 17.8. The van der Waals surface area contributed by atoms with Crippen molar-refractivity contribution in [3.8, 4) is 6.07 Å². The molecule has 5 heteroatoms. The smallest absolute Gasteiger partial charge is 0.238 e. The van der Waals surface area contributed by atoms with Crippen LogP contribution in [0, 0.1) is 11.3 Å². The van der Waals surface area contributed by atoms with Crippen LogP contribution >= 0.6 is 11.8 Å². The maximum atomic E-state index is 12.1. The molecule has 1 amide bonds. The first-order chi connectivity index (χ1) is 11.7. The van der Waals surface area contributed by atoms with E-state index in [1.165, 1.54) is 17.8 Å². The van der Waals surface area contributed by atoms with Crippen molar-refractivity contribution in [2.45, 2.75) is 12.6 Å². The second-order valence-corrected chi connectivity index (χ2v) is 6.19. The van der Waals surface area contributed by atoms with Crippen LogP contribution in [0.15, 0.2) is 66.7 Å². The molecule has 0 saturated heterocycles. The monoisotopic (exact) mass is 337 g/mol. The lowest BCUT2D eigenvalue weighted by atomic mass is 10.2. The molecular weight excluding hydrogens is 318 g/mol. The molecule has 0 radical (unpaired) electrons. The molecule has 4 nitrogen and oxygen atoms in total. The zero-order valence-corrected chi connectivity index (χ0v) is 14.0. The molecule has 1 atom stereocenters. The molecule has 2 rings (SSSR count). The van der Waals surface area contributed by atoms with Gasteiger partial charge in [0, 0.05) is 23.3 Å². The van der Waals surface area contributed by atoms with Crippen LogP contribution in [0.2, 0.25) is 0 Å². The fraction of sp³-hybridized carbons (Fsp3) is 0.158.